The van der Waals surface area contributed by atoms with Gasteiger partial charge in [0.05, 0.1) is 0 Å². The van der Waals surface area contributed by atoms with Gasteiger partial charge in [-0.2, -0.15) is 0 Å². The third kappa shape index (κ3) is 2.60. The van der Waals surface area contributed by atoms with Crippen LogP contribution in [0, 0.1) is 0 Å². The molecule has 1 saturated heterocycles. The summed E-state index contributed by atoms with van der Waals surface area (Å²) in [6.07, 6.45) is 2.47. The number of fused-ring (bicyclic) bond motifs is 1. The minimum atomic E-state index is 0.0847. The highest BCUT2D eigenvalue weighted by molar-refractivity contribution is 5.76. The Bertz CT molecular complexity index is 488. The van der Waals surface area contributed by atoms with Gasteiger partial charge in [0, 0.05) is 38.4 Å². The zero-order chi connectivity index (χ0) is 13.9. The Hall–Kier alpha value is -1.71. The Labute approximate surface area is 120 Å². The molecule has 4 heteroatoms. The van der Waals surface area contributed by atoms with Crippen molar-refractivity contribution >= 4 is 11.7 Å². The summed E-state index contributed by atoms with van der Waals surface area (Å²) in [5.74, 6) is 0.631. The van der Waals surface area contributed by atoms with E-state index in [4.69, 9.17) is 0 Å². The fourth-order valence-electron chi connectivity index (χ4n) is 3.25. The normalized spacial score (nSPS) is 22.4. The van der Waals surface area contributed by atoms with Gasteiger partial charge in [-0.05, 0) is 30.4 Å². The van der Waals surface area contributed by atoms with Crippen molar-refractivity contribution in [2.75, 3.05) is 37.6 Å². The molecule has 1 aromatic rings. The first kappa shape index (κ1) is 13.3. The van der Waals surface area contributed by atoms with Gasteiger partial charge in [0.25, 0.3) is 0 Å². The minimum Gasteiger partial charge on any atom is -0.370 e. The van der Waals surface area contributed by atoms with Gasteiger partial charge in [-0.3, -0.25) is 0 Å². The lowest BCUT2D eigenvalue weighted by atomic mass is 9.96. The van der Waals surface area contributed by atoms with Crippen LogP contribution in [0.15, 0.2) is 24.3 Å². The lowest BCUT2D eigenvalue weighted by molar-refractivity contribution is 0.218. The average molecular weight is 273 g/mol. The second-order valence-corrected chi connectivity index (χ2v) is 5.81. The second-order valence-electron chi connectivity index (χ2n) is 5.81. The summed E-state index contributed by atoms with van der Waals surface area (Å²) in [7, 11) is 0. The zero-order valence-electron chi connectivity index (χ0n) is 12.1. The number of nitrogens with one attached hydrogen (secondary N) is 1. The largest absolute Gasteiger partial charge is 0.370 e. The molecule has 1 unspecified atom stereocenters. The molecule has 0 spiro atoms. The van der Waals surface area contributed by atoms with Crippen molar-refractivity contribution < 1.29 is 4.79 Å². The summed E-state index contributed by atoms with van der Waals surface area (Å²) in [6, 6.07) is 8.81. The topological polar surface area (TPSA) is 35.6 Å². The van der Waals surface area contributed by atoms with E-state index in [2.05, 4.69) is 41.4 Å². The van der Waals surface area contributed by atoms with Gasteiger partial charge in [-0.15, -0.1) is 0 Å². The number of para-hydroxylation sites is 1. The van der Waals surface area contributed by atoms with E-state index in [0.717, 1.165) is 32.7 Å². The molecule has 3 rings (SSSR count). The molecule has 0 bridgehead atoms. The number of benzene rings is 1. The number of carbonyl (C=O) groups is 1. The van der Waals surface area contributed by atoms with E-state index in [1.54, 1.807) is 0 Å². The molecule has 0 radical (unpaired) electrons. The number of nitrogens with zero attached hydrogens (tertiary/aromatic N) is 2. The first-order valence-electron chi connectivity index (χ1n) is 7.62. The van der Waals surface area contributed by atoms with Crippen molar-refractivity contribution in [3.05, 3.63) is 29.8 Å². The maximum Gasteiger partial charge on any atom is 0.317 e. The van der Waals surface area contributed by atoms with E-state index in [9.17, 15) is 4.79 Å². The lowest BCUT2D eigenvalue weighted by Crippen LogP contribution is -2.37. The average Bonchev–Trinajstić information content (AvgIpc) is 2.80. The molecule has 0 aliphatic carbocycles. The number of rotatable bonds is 3. The molecule has 1 N–H and O–H groups in total. The second kappa shape index (κ2) is 5.73. The van der Waals surface area contributed by atoms with Crippen LogP contribution in [0.25, 0.3) is 0 Å². The molecule has 2 aliphatic rings. The van der Waals surface area contributed by atoms with Gasteiger partial charge in [0.2, 0.25) is 0 Å². The molecule has 108 valence electrons. The molecule has 0 aromatic heterocycles. The maximum atomic E-state index is 11.6. The Balaban J connectivity index is 1.72. The van der Waals surface area contributed by atoms with Gasteiger partial charge < -0.3 is 15.1 Å². The predicted molar refractivity (Wildman–Crippen MR) is 81.3 cm³/mol. The van der Waals surface area contributed by atoms with Crippen LogP contribution < -0.4 is 10.2 Å². The highest BCUT2D eigenvalue weighted by atomic mass is 16.2. The summed E-state index contributed by atoms with van der Waals surface area (Å²) in [4.78, 5) is 16.0. The van der Waals surface area contributed by atoms with Crippen LogP contribution in [-0.2, 0) is 0 Å². The van der Waals surface area contributed by atoms with Gasteiger partial charge in [0.15, 0.2) is 0 Å². The zero-order valence-corrected chi connectivity index (χ0v) is 12.1. The standard InChI is InChI=1S/C16H23N3O/c1-13-5-4-9-18(15-7-3-2-6-14(13)15)11-12-19-10-8-17-16(19)20/h2-3,6-7,13H,4-5,8-12H2,1H3,(H,17,20). The van der Waals surface area contributed by atoms with E-state index in [0.29, 0.717) is 5.92 Å². The van der Waals surface area contributed by atoms with Crippen molar-refractivity contribution in [1.82, 2.24) is 10.2 Å². The summed E-state index contributed by atoms with van der Waals surface area (Å²) in [5.41, 5.74) is 2.81. The summed E-state index contributed by atoms with van der Waals surface area (Å²) >= 11 is 0. The Morgan fingerprint density at radius 3 is 2.80 bits per heavy atom. The Morgan fingerprint density at radius 1 is 1.20 bits per heavy atom. The molecule has 1 atom stereocenters. The van der Waals surface area contributed by atoms with E-state index in [1.807, 2.05) is 4.90 Å². The van der Waals surface area contributed by atoms with Crippen molar-refractivity contribution in [1.29, 1.82) is 0 Å². The van der Waals surface area contributed by atoms with Gasteiger partial charge in [-0.1, -0.05) is 25.1 Å². The Morgan fingerprint density at radius 2 is 2.00 bits per heavy atom. The highest BCUT2D eigenvalue weighted by Crippen LogP contribution is 2.33. The molecule has 0 saturated carbocycles. The van der Waals surface area contributed by atoms with Crippen LogP contribution in [0.1, 0.15) is 31.2 Å². The fourth-order valence-corrected chi connectivity index (χ4v) is 3.25. The van der Waals surface area contributed by atoms with Crippen molar-refractivity contribution in [2.45, 2.75) is 25.7 Å². The number of urea groups is 1. The lowest BCUT2D eigenvalue weighted by Gasteiger charge is -2.27. The fraction of sp³-hybridized carbons (Fsp3) is 0.562. The summed E-state index contributed by atoms with van der Waals surface area (Å²) < 4.78 is 0. The van der Waals surface area contributed by atoms with Gasteiger partial charge in [0.1, 0.15) is 0 Å². The van der Waals surface area contributed by atoms with Crippen molar-refractivity contribution in [3.8, 4) is 0 Å². The molecule has 1 fully saturated rings. The molecule has 2 amide bonds. The van der Waals surface area contributed by atoms with Crippen molar-refractivity contribution in [2.24, 2.45) is 0 Å². The van der Waals surface area contributed by atoms with Gasteiger partial charge >= 0.3 is 6.03 Å². The summed E-state index contributed by atoms with van der Waals surface area (Å²) in [6.45, 7) is 6.77. The van der Waals surface area contributed by atoms with E-state index < -0.39 is 0 Å². The quantitative estimate of drug-likeness (QED) is 0.918. The SMILES string of the molecule is CC1CCCN(CCN2CCNC2=O)c2ccccc21. The smallest absolute Gasteiger partial charge is 0.317 e. The molecule has 20 heavy (non-hydrogen) atoms. The van der Waals surface area contributed by atoms with Crippen LogP contribution >= 0.6 is 0 Å². The molecule has 4 nitrogen and oxygen atoms in total. The van der Waals surface area contributed by atoms with Crippen LogP contribution in [0.3, 0.4) is 0 Å². The van der Waals surface area contributed by atoms with E-state index in [-0.39, 0.29) is 6.03 Å². The molecule has 2 heterocycles. The van der Waals surface area contributed by atoms with E-state index >= 15 is 0 Å². The third-order valence-corrected chi connectivity index (χ3v) is 4.46. The van der Waals surface area contributed by atoms with Crippen LogP contribution in [0.2, 0.25) is 0 Å². The third-order valence-electron chi connectivity index (χ3n) is 4.46. The molecular weight excluding hydrogens is 250 g/mol. The number of amides is 2. The highest BCUT2D eigenvalue weighted by Gasteiger charge is 2.23. The monoisotopic (exact) mass is 273 g/mol. The minimum absolute atomic E-state index is 0.0847. The first-order chi connectivity index (χ1) is 9.75. The molecular formula is C16H23N3O. The maximum absolute atomic E-state index is 11.6. The number of carbonyl (C=O) groups excluding carboxylic acids is 1. The predicted octanol–water partition coefficient (Wildman–Crippen LogP) is 2.42. The Kier molecular flexibility index (Phi) is 3.81. The van der Waals surface area contributed by atoms with Crippen molar-refractivity contribution in [3.63, 3.8) is 0 Å². The number of hydrogen-bond donors (Lipinski definition) is 1. The van der Waals surface area contributed by atoms with Gasteiger partial charge in [-0.25, -0.2) is 4.79 Å². The molecule has 1 aromatic carbocycles. The molecule has 2 aliphatic heterocycles. The first-order valence-corrected chi connectivity index (χ1v) is 7.62. The summed E-state index contributed by atoms with van der Waals surface area (Å²) in [5, 5.41) is 2.86. The van der Waals surface area contributed by atoms with Crippen LogP contribution in [0.4, 0.5) is 10.5 Å². The number of anilines is 1. The number of hydrogen-bond acceptors (Lipinski definition) is 2. The van der Waals surface area contributed by atoms with Crippen LogP contribution in [-0.4, -0.2) is 43.7 Å². The van der Waals surface area contributed by atoms with E-state index in [1.165, 1.54) is 24.1 Å². The van der Waals surface area contributed by atoms with Crippen LogP contribution in [0.5, 0.6) is 0 Å².